The summed E-state index contributed by atoms with van der Waals surface area (Å²) < 4.78 is 10.7. The Morgan fingerprint density at radius 1 is 1.42 bits per heavy atom. The molecule has 0 saturated carbocycles. The highest BCUT2D eigenvalue weighted by Crippen LogP contribution is 2.28. The Morgan fingerprint density at radius 3 is 2.89 bits per heavy atom. The molecule has 1 aromatic rings. The highest BCUT2D eigenvalue weighted by molar-refractivity contribution is 6.15. The molecule has 2 aliphatic rings. The monoisotopic (exact) mass is 260 g/mol. The number of carbonyl (C=O) groups excluding carboxylic acids is 1. The molecule has 0 aliphatic carbocycles. The molecule has 5 nitrogen and oxygen atoms in total. The molecule has 1 fully saturated rings. The molecule has 0 bridgehead atoms. The number of hydrogen-bond acceptors (Lipinski definition) is 4. The van der Waals surface area contributed by atoms with E-state index in [9.17, 15) is 4.79 Å². The molecule has 1 atom stereocenters. The Morgan fingerprint density at radius 2 is 2.21 bits per heavy atom. The van der Waals surface area contributed by atoms with Crippen LogP contribution in [0.5, 0.6) is 5.75 Å². The van der Waals surface area contributed by atoms with Crippen molar-refractivity contribution in [1.82, 2.24) is 0 Å². The Hall–Kier alpha value is -1.88. The first-order valence-electron chi connectivity index (χ1n) is 6.51. The van der Waals surface area contributed by atoms with Crippen LogP contribution in [0.1, 0.15) is 13.3 Å². The van der Waals surface area contributed by atoms with Crippen LogP contribution in [0.2, 0.25) is 0 Å². The molecule has 19 heavy (non-hydrogen) atoms. The topological polar surface area (TPSA) is 51.1 Å². The molecule has 1 aromatic carbocycles. The van der Waals surface area contributed by atoms with Crippen molar-refractivity contribution in [1.29, 1.82) is 0 Å². The van der Waals surface area contributed by atoms with Gasteiger partial charge >= 0.3 is 0 Å². The number of amides is 1. The third-order valence-electron chi connectivity index (χ3n) is 3.32. The second-order valence-corrected chi connectivity index (χ2v) is 4.55. The summed E-state index contributed by atoms with van der Waals surface area (Å²) in [7, 11) is 0. The molecule has 0 N–H and O–H groups in total. The van der Waals surface area contributed by atoms with E-state index >= 15 is 0 Å². The number of nitrogens with zero attached hydrogens (tertiary/aromatic N) is 2. The van der Waals surface area contributed by atoms with Crippen molar-refractivity contribution in [2.75, 3.05) is 24.8 Å². The summed E-state index contributed by atoms with van der Waals surface area (Å²) in [6.07, 6.45) is 0.740. The van der Waals surface area contributed by atoms with Crippen LogP contribution in [0.3, 0.4) is 0 Å². The van der Waals surface area contributed by atoms with Gasteiger partial charge in [-0.25, -0.2) is 5.01 Å². The van der Waals surface area contributed by atoms with Crippen molar-refractivity contribution in [2.24, 2.45) is 11.0 Å². The summed E-state index contributed by atoms with van der Waals surface area (Å²) in [5.41, 5.74) is 1.71. The van der Waals surface area contributed by atoms with E-state index in [2.05, 4.69) is 5.10 Å². The van der Waals surface area contributed by atoms with E-state index in [0.717, 1.165) is 23.6 Å². The number of benzene rings is 1. The van der Waals surface area contributed by atoms with Gasteiger partial charge in [0, 0.05) is 6.42 Å². The lowest BCUT2D eigenvalue weighted by Gasteiger charge is -2.17. The Labute approximate surface area is 111 Å². The fourth-order valence-corrected chi connectivity index (χ4v) is 2.34. The number of hydrazone groups is 1. The number of fused-ring (bicyclic) bond motifs is 1. The summed E-state index contributed by atoms with van der Waals surface area (Å²) in [6.45, 7) is 3.67. The fraction of sp³-hybridized carbons (Fsp3) is 0.429. The number of rotatable bonds is 3. The Kier molecular flexibility index (Phi) is 3.21. The maximum Gasteiger partial charge on any atom is 0.258 e. The van der Waals surface area contributed by atoms with Crippen molar-refractivity contribution >= 4 is 17.3 Å². The van der Waals surface area contributed by atoms with Gasteiger partial charge in [-0.2, -0.15) is 5.10 Å². The predicted octanol–water partition coefficient (Wildman–Crippen LogP) is 1.82. The van der Waals surface area contributed by atoms with Gasteiger partial charge in [0.05, 0.1) is 31.2 Å². The normalized spacial score (nSPS) is 22.2. The first-order valence-corrected chi connectivity index (χ1v) is 6.51. The van der Waals surface area contributed by atoms with Crippen LogP contribution in [-0.2, 0) is 9.53 Å². The lowest BCUT2D eigenvalue weighted by molar-refractivity contribution is -0.121. The van der Waals surface area contributed by atoms with Crippen LogP contribution in [0.25, 0.3) is 0 Å². The van der Waals surface area contributed by atoms with Gasteiger partial charge in [-0.1, -0.05) is 0 Å². The van der Waals surface area contributed by atoms with Crippen molar-refractivity contribution < 1.29 is 14.3 Å². The average molecular weight is 260 g/mol. The number of carbonyl (C=O) groups is 1. The molecule has 1 saturated heterocycles. The molecule has 1 amide bonds. The van der Waals surface area contributed by atoms with Gasteiger partial charge in [-0.05, 0) is 31.2 Å². The Bertz CT molecular complexity index is 510. The molecular formula is C14H16N2O3. The molecule has 5 heteroatoms. The maximum atomic E-state index is 12.3. The summed E-state index contributed by atoms with van der Waals surface area (Å²) in [6, 6.07) is 7.41. The van der Waals surface area contributed by atoms with Crippen LogP contribution in [-0.4, -0.2) is 31.4 Å². The van der Waals surface area contributed by atoms with Gasteiger partial charge in [-0.3, -0.25) is 4.79 Å². The lowest BCUT2D eigenvalue weighted by Crippen LogP contribution is -2.33. The van der Waals surface area contributed by atoms with Crippen LogP contribution in [0.4, 0.5) is 5.69 Å². The molecule has 0 radical (unpaired) electrons. The van der Waals surface area contributed by atoms with Gasteiger partial charge < -0.3 is 9.47 Å². The lowest BCUT2D eigenvalue weighted by atomic mass is 10.0. The van der Waals surface area contributed by atoms with Crippen molar-refractivity contribution in [3.8, 4) is 5.75 Å². The Balaban J connectivity index is 1.82. The summed E-state index contributed by atoms with van der Waals surface area (Å²) in [5.74, 6) is 0.602. The van der Waals surface area contributed by atoms with E-state index in [1.54, 1.807) is 0 Å². The van der Waals surface area contributed by atoms with Gasteiger partial charge in [0.25, 0.3) is 5.91 Å². The SMILES string of the molecule is CCOc1ccc(N2N=C3CCOCC3C2=O)cc1. The second kappa shape index (κ2) is 5.01. The minimum atomic E-state index is -0.194. The van der Waals surface area contributed by atoms with Gasteiger partial charge in [0.2, 0.25) is 0 Å². The smallest absolute Gasteiger partial charge is 0.258 e. The summed E-state index contributed by atoms with van der Waals surface area (Å²) >= 11 is 0. The van der Waals surface area contributed by atoms with E-state index in [4.69, 9.17) is 9.47 Å². The average Bonchev–Trinajstić information content (AvgIpc) is 2.78. The van der Waals surface area contributed by atoms with E-state index in [0.29, 0.717) is 19.8 Å². The van der Waals surface area contributed by atoms with Gasteiger partial charge in [0.15, 0.2) is 0 Å². The largest absolute Gasteiger partial charge is 0.494 e. The zero-order valence-electron chi connectivity index (χ0n) is 10.8. The van der Waals surface area contributed by atoms with Crippen molar-refractivity contribution in [3.63, 3.8) is 0 Å². The predicted molar refractivity (Wildman–Crippen MR) is 71.5 cm³/mol. The first kappa shape index (κ1) is 12.2. The quantitative estimate of drug-likeness (QED) is 0.833. The number of anilines is 1. The van der Waals surface area contributed by atoms with Crippen LogP contribution in [0.15, 0.2) is 29.4 Å². The standard InChI is InChI=1S/C14H16N2O3/c1-2-19-11-5-3-10(4-6-11)16-14(17)12-9-18-8-7-13(12)15-16/h3-6,12H,2,7-9H2,1H3. The third-order valence-corrected chi connectivity index (χ3v) is 3.32. The molecule has 2 aliphatic heterocycles. The molecular weight excluding hydrogens is 244 g/mol. The molecule has 100 valence electrons. The minimum absolute atomic E-state index is 0.00106. The summed E-state index contributed by atoms with van der Waals surface area (Å²) in [4.78, 5) is 12.3. The first-order chi connectivity index (χ1) is 9.29. The molecule has 2 heterocycles. The minimum Gasteiger partial charge on any atom is -0.494 e. The van der Waals surface area contributed by atoms with E-state index in [1.807, 2.05) is 31.2 Å². The van der Waals surface area contributed by atoms with Gasteiger partial charge in [-0.15, -0.1) is 0 Å². The van der Waals surface area contributed by atoms with Gasteiger partial charge in [0.1, 0.15) is 11.7 Å². The zero-order chi connectivity index (χ0) is 13.2. The molecule has 0 aromatic heterocycles. The summed E-state index contributed by atoms with van der Waals surface area (Å²) in [5, 5.41) is 5.89. The fourth-order valence-electron chi connectivity index (χ4n) is 2.34. The second-order valence-electron chi connectivity index (χ2n) is 4.55. The highest BCUT2D eigenvalue weighted by atomic mass is 16.5. The number of ether oxygens (including phenoxy) is 2. The zero-order valence-corrected chi connectivity index (χ0v) is 10.8. The maximum absolute atomic E-state index is 12.3. The third kappa shape index (κ3) is 2.21. The van der Waals surface area contributed by atoms with E-state index in [-0.39, 0.29) is 11.8 Å². The van der Waals surface area contributed by atoms with Crippen molar-refractivity contribution in [2.45, 2.75) is 13.3 Å². The van der Waals surface area contributed by atoms with Crippen LogP contribution < -0.4 is 9.75 Å². The van der Waals surface area contributed by atoms with Crippen LogP contribution in [0, 0.1) is 5.92 Å². The molecule has 1 unspecified atom stereocenters. The van der Waals surface area contributed by atoms with E-state index < -0.39 is 0 Å². The van der Waals surface area contributed by atoms with Crippen LogP contribution >= 0.6 is 0 Å². The van der Waals surface area contributed by atoms with E-state index in [1.165, 1.54) is 5.01 Å². The van der Waals surface area contributed by atoms with Crippen molar-refractivity contribution in [3.05, 3.63) is 24.3 Å². The molecule has 3 rings (SSSR count). The highest BCUT2D eigenvalue weighted by Gasteiger charge is 2.38. The molecule has 0 spiro atoms. The number of hydrogen-bond donors (Lipinski definition) is 0.